The molecule has 2 aromatic carbocycles. The zero-order valence-electron chi connectivity index (χ0n) is 11.1. The molecule has 0 atom stereocenters. The van der Waals surface area contributed by atoms with E-state index in [4.69, 9.17) is 0 Å². The highest BCUT2D eigenvalue weighted by molar-refractivity contribution is 9.10. The molecule has 20 heavy (non-hydrogen) atoms. The van der Waals surface area contributed by atoms with Crippen molar-refractivity contribution in [1.82, 2.24) is 0 Å². The zero-order valence-corrected chi connectivity index (χ0v) is 12.7. The van der Waals surface area contributed by atoms with Crippen molar-refractivity contribution in [1.29, 1.82) is 0 Å². The highest BCUT2D eigenvalue weighted by Crippen LogP contribution is 2.28. The van der Waals surface area contributed by atoms with Crippen molar-refractivity contribution in [2.45, 2.75) is 19.9 Å². The Bertz CT molecular complexity index is 629. The number of halogens is 1. The fourth-order valence-electron chi connectivity index (χ4n) is 2.07. The smallest absolute Gasteiger partial charge is 0.292 e. The normalized spacial score (nSPS) is 10.3. The van der Waals surface area contributed by atoms with Gasteiger partial charge in [0.15, 0.2) is 0 Å². The van der Waals surface area contributed by atoms with E-state index in [9.17, 15) is 10.1 Å². The van der Waals surface area contributed by atoms with Crippen LogP contribution in [0.5, 0.6) is 0 Å². The van der Waals surface area contributed by atoms with Crippen LogP contribution in [0.4, 0.5) is 11.4 Å². The lowest BCUT2D eigenvalue weighted by Gasteiger charge is -2.11. The maximum atomic E-state index is 11.0. The minimum atomic E-state index is -0.375. The highest BCUT2D eigenvalue weighted by atomic mass is 79.9. The van der Waals surface area contributed by atoms with E-state index in [-0.39, 0.29) is 10.6 Å². The van der Waals surface area contributed by atoms with E-state index >= 15 is 0 Å². The van der Waals surface area contributed by atoms with E-state index in [0.717, 1.165) is 16.5 Å². The van der Waals surface area contributed by atoms with E-state index in [0.29, 0.717) is 12.2 Å². The van der Waals surface area contributed by atoms with Crippen LogP contribution in [-0.4, -0.2) is 4.92 Å². The quantitative estimate of drug-likeness (QED) is 0.645. The molecule has 104 valence electrons. The van der Waals surface area contributed by atoms with Gasteiger partial charge in [-0.1, -0.05) is 47.1 Å². The Balaban J connectivity index is 2.22. The molecule has 0 saturated carbocycles. The number of nitro benzene ring substituents is 1. The van der Waals surface area contributed by atoms with Gasteiger partial charge in [-0.2, -0.15) is 0 Å². The van der Waals surface area contributed by atoms with Crippen LogP contribution in [0.1, 0.15) is 18.1 Å². The summed E-state index contributed by atoms with van der Waals surface area (Å²) >= 11 is 3.34. The number of anilines is 1. The molecule has 4 nitrogen and oxygen atoms in total. The molecule has 0 saturated heterocycles. The van der Waals surface area contributed by atoms with Crippen molar-refractivity contribution in [3.63, 3.8) is 0 Å². The van der Waals surface area contributed by atoms with Gasteiger partial charge in [0.2, 0.25) is 0 Å². The van der Waals surface area contributed by atoms with E-state index < -0.39 is 0 Å². The molecule has 0 amide bonds. The second-order valence-corrected chi connectivity index (χ2v) is 5.31. The summed E-state index contributed by atoms with van der Waals surface area (Å²) < 4.78 is 0.814. The number of nitro groups is 1. The fourth-order valence-corrected chi connectivity index (χ4v) is 2.44. The van der Waals surface area contributed by atoms with Gasteiger partial charge in [-0.05, 0) is 29.7 Å². The maximum Gasteiger partial charge on any atom is 0.292 e. The Morgan fingerprint density at radius 2 is 1.90 bits per heavy atom. The summed E-state index contributed by atoms with van der Waals surface area (Å²) in [5.41, 5.74) is 3.01. The van der Waals surface area contributed by atoms with Gasteiger partial charge in [0.25, 0.3) is 5.69 Å². The molecule has 0 aliphatic heterocycles. The molecule has 0 radical (unpaired) electrons. The molecule has 2 rings (SSSR count). The second-order valence-electron chi connectivity index (χ2n) is 4.39. The lowest BCUT2D eigenvalue weighted by atomic mass is 10.1. The summed E-state index contributed by atoms with van der Waals surface area (Å²) in [6.07, 6.45) is 0.943. The van der Waals surface area contributed by atoms with Gasteiger partial charge in [0.1, 0.15) is 5.69 Å². The molecule has 5 heteroatoms. The Labute approximate surface area is 126 Å². The average Bonchev–Trinajstić information content (AvgIpc) is 2.45. The van der Waals surface area contributed by atoms with E-state index in [2.05, 4.69) is 34.2 Å². The third-order valence-corrected chi connectivity index (χ3v) is 3.62. The first-order valence-electron chi connectivity index (χ1n) is 6.36. The van der Waals surface area contributed by atoms with Crippen molar-refractivity contribution >= 4 is 27.3 Å². The number of benzene rings is 2. The monoisotopic (exact) mass is 334 g/mol. The minimum Gasteiger partial charge on any atom is -0.375 e. The lowest BCUT2D eigenvalue weighted by molar-refractivity contribution is -0.384. The van der Waals surface area contributed by atoms with Gasteiger partial charge < -0.3 is 5.32 Å². The standard InChI is InChI=1S/C15H15BrN2O2/c1-2-11-5-3-4-6-12(11)10-17-14-9-13(16)7-8-15(14)18(19)20/h3-9,17H,2,10H2,1H3. The molecular weight excluding hydrogens is 320 g/mol. The maximum absolute atomic E-state index is 11.0. The minimum absolute atomic E-state index is 0.0854. The van der Waals surface area contributed by atoms with Crippen molar-refractivity contribution in [3.05, 3.63) is 68.2 Å². The van der Waals surface area contributed by atoms with Crippen molar-refractivity contribution in [2.75, 3.05) is 5.32 Å². The molecule has 0 heterocycles. The molecule has 0 spiro atoms. The number of hydrogen-bond donors (Lipinski definition) is 1. The summed E-state index contributed by atoms with van der Waals surface area (Å²) in [7, 11) is 0. The second kappa shape index (κ2) is 6.52. The van der Waals surface area contributed by atoms with Gasteiger partial charge in [-0.25, -0.2) is 0 Å². The van der Waals surface area contributed by atoms with E-state index in [1.54, 1.807) is 12.1 Å². The Morgan fingerprint density at radius 1 is 1.20 bits per heavy atom. The highest BCUT2D eigenvalue weighted by Gasteiger charge is 2.13. The number of aryl methyl sites for hydroxylation is 1. The first-order valence-corrected chi connectivity index (χ1v) is 7.15. The SMILES string of the molecule is CCc1ccccc1CNc1cc(Br)ccc1[N+](=O)[O-]. The van der Waals surface area contributed by atoms with Crippen molar-refractivity contribution < 1.29 is 4.92 Å². The van der Waals surface area contributed by atoms with Crippen LogP contribution in [0, 0.1) is 10.1 Å². The first kappa shape index (κ1) is 14.5. The van der Waals surface area contributed by atoms with Crippen LogP contribution in [0.2, 0.25) is 0 Å². The van der Waals surface area contributed by atoms with Crippen LogP contribution in [0.3, 0.4) is 0 Å². The van der Waals surface area contributed by atoms with Crippen LogP contribution in [0.25, 0.3) is 0 Å². The Kier molecular flexibility index (Phi) is 4.74. The number of nitrogens with zero attached hydrogens (tertiary/aromatic N) is 1. The summed E-state index contributed by atoms with van der Waals surface area (Å²) in [6, 6.07) is 13.0. The molecular formula is C15H15BrN2O2. The van der Waals surface area contributed by atoms with E-state index in [1.165, 1.54) is 11.6 Å². The molecule has 0 aliphatic rings. The fraction of sp³-hybridized carbons (Fsp3) is 0.200. The first-order chi connectivity index (χ1) is 9.61. The molecule has 0 bridgehead atoms. The molecule has 2 aromatic rings. The number of rotatable bonds is 5. The molecule has 1 N–H and O–H groups in total. The zero-order chi connectivity index (χ0) is 14.5. The van der Waals surface area contributed by atoms with Gasteiger partial charge >= 0.3 is 0 Å². The Morgan fingerprint density at radius 3 is 2.55 bits per heavy atom. The number of nitrogens with one attached hydrogen (secondary N) is 1. The summed E-state index contributed by atoms with van der Waals surface area (Å²) in [4.78, 5) is 10.6. The topological polar surface area (TPSA) is 55.2 Å². The third kappa shape index (κ3) is 3.36. The number of hydrogen-bond acceptors (Lipinski definition) is 3. The van der Waals surface area contributed by atoms with Crippen LogP contribution < -0.4 is 5.32 Å². The molecule has 0 aromatic heterocycles. The van der Waals surface area contributed by atoms with Crippen LogP contribution >= 0.6 is 15.9 Å². The van der Waals surface area contributed by atoms with Crippen LogP contribution in [-0.2, 0) is 13.0 Å². The van der Waals surface area contributed by atoms with E-state index in [1.807, 2.05) is 18.2 Å². The van der Waals surface area contributed by atoms with Gasteiger partial charge in [-0.15, -0.1) is 0 Å². The van der Waals surface area contributed by atoms with Gasteiger partial charge in [0.05, 0.1) is 4.92 Å². The van der Waals surface area contributed by atoms with Crippen molar-refractivity contribution in [3.8, 4) is 0 Å². The largest absolute Gasteiger partial charge is 0.375 e. The summed E-state index contributed by atoms with van der Waals surface area (Å²) in [5.74, 6) is 0. The summed E-state index contributed by atoms with van der Waals surface area (Å²) in [6.45, 7) is 2.67. The van der Waals surface area contributed by atoms with Crippen LogP contribution in [0.15, 0.2) is 46.9 Å². The lowest BCUT2D eigenvalue weighted by Crippen LogP contribution is -2.04. The molecule has 0 aliphatic carbocycles. The summed E-state index contributed by atoms with van der Waals surface area (Å²) in [5, 5.41) is 14.2. The molecule has 0 fully saturated rings. The molecule has 0 unspecified atom stereocenters. The average molecular weight is 335 g/mol. The predicted molar refractivity (Wildman–Crippen MR) is 83.9 cm³/mol. The van der Waals surface area contributed by atoms with Gasteiger partial charge in [0, 0.05) is 17.1 Å². The third-order valence-electron chi connectivity index (χ3n) is 3.12. The van der Waals surface area contributed by atoms with Gasteiger partial charge in [-0.3, -0.25) is 10.1 Å². The Hall–Kier alpha value is -1.88. The predicted octanol–water partition coefficient (Wildman–Crippen LogP) is 4.53. The van der Waals surface area contributed by atoms with Crippen molar-refractivity contribution in [2.24, 2.45) is 0 Å².